The fourth-order valence-electron chi connectivity index (χ4n) is 3.91. The van der Waals surface area contributed by atoms with Gasteiger partial charge >= 0.3 is 0 Å². The lowest BCUT2D eigenvalue weighted by molar-refractivity contribution is 0.0997. The van der Waals surface area contributed by atoms with Crippen molar-refractivity contribution in [2.45, 2.75) is 37.8 Å². The van der Waals surface area contributed by atoms with Crippen LogP contribution in [-0.4, -0.2) is 33.9 Å². The highest BCUT2D eigenvalue weighted by Gasteiger charge is 2.24. The first-order chi connectivity index (χ1) is 16.8. The Morgan fingerprint density at radius 2 is 1.74 bits per heavy atom. The maximum atomic E-state index is 14.7. The van der Waals surface area contributed by atoms with Crippen LogP contribution in [0.5, 0.6) is 0 Å². The zero-order chi connectivity index (χ0) is 24.9. The topological polar surface area (TPSA) is 148 Å². The van der Waals surface area contributed by atoms with E-state index in [-0.39, 0.29) is 35.2 Å². The third-order valence-corrected chi connectivity index (χ3v) is 6.00. The Hall–Kier alpha value is -3.76. The number of carbonyl (C=O) groups is 2. The van der Waals surface area contributed by atoms with E-state index in [0.717, 1.165) is 31.7 Å². The summed E-state index contributed by atoms with van der Waals surface area (Å²) in [6, 6.07) is 8.81. The van der Waals surface area contributed by atoms with Gasteiger partial charge in [0.1, 0.15) is 5.82 Å². The molecule has 1 aliphatic rings. The van der Waals surface area contributed by atoms with Crippen molar-refractivity contribution in [1.82, 2.24) is 9.97 Å². The molecule has 0 radical (unpaired) electrons. The predicted octanol–water partition coefficient (Wildman–Crippen LogP) is 4.05. The fraction of sp³-hybridized carbons (Fsp3) is 0.250. The van der Waals surface area contributed by atoms with Gasteiger partial charge in [-0.05, 0) is 49.2 Å². The molecule has 0 bridgehead atoms. The number of anilines is 4. The number of hydrogen-bond donors (Lipinski definition) is 5. The molecule has 2 heterocycles. The molecule has 7 N–H and O–H groups in total. The van der Waals surface area contributed by atoms with Crippen molar-refractivity contribution in [2.24, 2.45) is 11.5 Å². The van der Waals surface area contributed by atoms with E-state index < -0.39 is 11.7 Å². The SMILES string of the molecule is NC(=O)c1cc(F)c(NC2CCCCC2N)nc1Nc1cncc(NC(=O)c2ccc(Cl)cc2)c1. The molecule has 1 fully saturated rings. The first-order valence-corrected chi connectivity index (χ1v) is 11.5. The molecule has 3 aromatic rings. The van der Waals surface area contributed by atoms with E-state index in [4.69, 9.17) is 23.1 Å². The number of nitrogens with one attached hydrogen (secondary N) is 3. The molecule has 0 aliphatic heterocycles. The van der Waals surface area contributed by atoms with Crippen LogP contribution in [0.25, 0.3) is 0 Å². The van der Waals surface area contributed by atoms with E-state index in [2.05, 4.69) is 25.9 Å². The summed E-state index contributed by atoms with van der Waals surface area (Å²) in [7, 11) is 0. The molecular weight excluding hydrogens is 473 g/mol. The minimum Gasteiger partial charge on any atom is -0.365 e. The van der Waals surface area contributed by atoms with Gasteiger partial charge in [-0.1, -0.05) is 24.4 Å². The highest BCUT2D eigenvalue weighted by atomic mass is 35.5. The summed E-state index contributed by atoms with van der Waals surface area (Å²) >= 11 is 5.87. The summed E-state index contributed by atoms with van der Waals surface area (Å²) in [5.74, 6) is -1.88. The van der Waals surface area contributed by atoms with E-state index >= 15 is 0 Å². The number of carbonyl (C=O) groups excluding carboxylic acids is 2. The van der Waals surface area contributed by atoms with Gasteiger partial charge in [0.15, 0.2) is 11.6 Å². The molecule has 2 aromatic heterocycles. The molecular formula is C24H25ClFN7O2. The van der Waals surface area contributed by atoms with Crippen LogP contribution in [0.3, 0.4) is 0 Å². The predicted molar refractivity (Wildman–Crippen MR) is 133 cm³/mol. The summed E-state index contributed by atoms with van der Waals surface area (Å²) in [4.78, 5) is 32.9. The van der Waals surface area contributed by atoms with Crippen molar-refractivity contribution in [3.05, 3.63) is 70.8 Å². The Labute approximate surface area is 206 Å². The largest absolute Gasteiger partial charge is 0.365 e. The Morgan fingerprint density at radius 3 is 2.46 bits per heavy atom. The second-order valence-electron chi connectivity index (χ2n) is 8.33. The quantitative estimate of drug-likeness (QED) is 0.330. The van der Waals surface area contributed by atoms with Gasteiger partial charge in [0.25, 0.3) is 11.8 Å². The van der Waals surface area contributed by atoms with Gasteiger partial charge in [-0.15, -0.1) is 0 Å². The molecule has 35 heavy (non-hydrogen) atoms. The molecule has 1 aromatic carbocycles. The normalized spacial score (nSPS) is 17.5. The van der Waals surface area contributed by atoms with Crippen molar-refractivity contribution in [3.8, 4) is 0 Å². The van der Waals surface area contributed by atoms with Crippen LogP contribution < -0.4 is 27.4 Å². The molecule has 4 rings (SSSR count). The third kappa shape index (κ3) is 6.03. The number of nitrogens with two attached hydrogens (primary N) is 2. The lowest BCUT2D eigenvalue weighted by Crippen LogP contribution is -2.43. The van der Waals surface area contributed by atoms with Gasteiger partial charge < -0.3 is 27.4 Å². The number of aromatic nitrogens is 2. The number of halogens is 2. The summed E-state index contributed by atoms with van der Waals surface area (Å²) < 4.78 is 14.7. The number of rotatable bonds is 7. The van der Waals surface area contributed by atoms with Crippen LogP contribution >= 0.6 is 11.6 Å². The molecule has 182 valence electrons. The van der Waals surface area contributed by atoms with Crippen LogP contribution in [0.15, 0.2) is 48.8 Å². The molecule has 2 unspecified atom stereocenters. The number of benzene rings is 1. The van der Waals surface area contributed by atoms with E-state index in [1.165, 1.54) is 12.4 Å². The zero-order valence-corrected chi connectivity index (χ0v) is 19.5. The first kappa shape index (κ1) is 24.4. The molecule has 11 heteroatoms. The van der Waals surface area contributed by atoms with E-state index in [9.17, 15) is 14.0 Å². The second kappa shape index (κ2) is 10.7. The zero-order valence-electron chi connectivity index (χ0n) is 18.7. The third-order valence-electron chi connectivity index (χ3n) is 5.75. The van der Waals surface area contributed by atoms with Crippen molar-refractivity contribution in [2.75, 3.05) is 16.0 Å². The molecule has 0 spiro atoms. The Morgan fingerprint density at radius 1 is 1.03 bits per heavy atom. The van der Waals surface area contributed by atoms with Crippen LogP contribution in [0.4, 0.5) is 27.4 Å². The Bertz CT molecular complexity index is 1240. The highest BCUT2D eigenvalue weighted by molar-refractivity contribution is 6.30. The van der Waals surface area contributed by atoms with Crippen LogP contribution in [0, 0.1) is 5.82 Å². The van der Waals surface area contributed by atoms with Crippen molar-refractivity contribution >= 4 is 46.4 Å². The van der Waals surface area contributed by atoms with Crippen molar-refractivity contribution in [1.29, 1.82) is 0 Å². The highest BCUT2D eigenvalue weighted by Crippen LogP contribution is 2.27. The van der Waals surface area contributed by atoms with Crippen molar-refractivity contribution < 1.29 is 14.0 Å². The number of primary amides is 1. The second-order valence-corrected chi connectivity index (χ2v) is 8.76. The summed E-state index contributed by atoms with van der Waals surface area (Å²) in [6.45, 7) is 0. The molecule has 1 aliphatic carbocycles. The average molecular weight is 498 g/mol. The first-order valence-electron chi connectivity index (χ1n) is 11.1. The molecule has 2 amide bonds. The molecule has 9 nitrogen and oxygen atoms in total. The van der Waals surface area contributed by atoms with Gasteiger partial charge in [-0.25, -0.2) is 9.37 Å². The van der Waals surface area contributed by atoms with Crippen LogP contribution in [0.2, 0.25) is 5.02 Å². The van der Waals surface area contributed by atoms with Gasteiger partial charge in [0.05, 0.1) is 29.3 Å². The Balaban J connectivity index is 1.56. The maximum Gasteiger partial charge on any atom is 0.255 e. The minimum absolute atomic E-state index is 0.0278. The van der Waals surface area contributed by atoms with E-state index in [1.54, 1.807) is 30.3 Å². The van der Waals surface area contributed by atoms with Gasteiger partial charge in [0, 0.05) is 22.7 Å². The van der Waals surface area contributed by atoms with Gasteiger partial charge in [-0.3, -0.25) is 14.6 Å². The molecule has 2 atom stereocenters. The average Bonchev–Trinajstić information content (AvgIpc) is 2.83. The van der Waals surface area contributed by atoms with E-state index in [1.807, 2.05) is 0 Å². The Kier molecular flexibility index (Phi) is 7.42. The summed E-state index contributed by atoms with van der Waals surface area (Å²) in [6.07, 6.45) is 6.57. The number of hydrogen-bond acceptors (Lipinski definition) is 7. The lowest BCUT2D eigenvalue weighted by Gasteiger charge is -2.30. The fourth-order valence-corrected chi connectivity index (χ4v) is 4.03. The molecule has 0 saturated heterocycles. The van der Waals surface area contributed by atoms with Crippen LogP contribution in [-0.2, 0) is 0 Å². The number of nitrogens with zero attached hydrogens (tertiary/aromatic N) is 2. The number of pyridine rings is 2. The number of amides is 2. The minimum atomic E-state index is -0.847. The van der Waals surface area contributed by atoms with Gasteiger partial charge in [0.2, 0.25) is 0 Å². The smallest absolute Gasteiger partial charge is 0.255 e. The monoisotopic (exact) mass is 497 g/mol. The molecule has 1 saturated carbocycles. The van der Waals surface area contributed by atoms with Gasteiger partial charge in [-0.2, -0.15) is 0 Å². The maximum absolute atomic E-state index is 14.7. The van der Waals surface area contributed by atoms with E-state index in [0.29, 0.717) is 22.0 Å². The summed E-state index contributed by atoms with van der Waals surface area (Å²) in [5.41, 5.74) is 12.7. The van der Waals surface area contributed by atoms with Crippen LogP contribution in [0.1, 0.15) is 46.4 Å². The van der Waals surface area contributed by atoms with Crippen molar-refractivity contribution in [3.63, 3.8) is 0 Å². The lowest BCUT2D eigenvalue weighted by atomic mass is 9.91. The standard InChI is InChI=1S/C24H25ClFN7O2/c25-14-7-5-13(6-8-14)24(35)31-16-9-15(11-29-12-16)30-22-17(21(28)34)10-18(26)23(33-22)32-20-4-2-1-3-19(20)27/h5-12,19-20H,1-4,27H2,(H2,28,34)(H,31,35)(H2,30,32,33). The summed E-state index contributed by atoms with van der Waals surface area (Å²) in [5, 5.41) is 9.27.